The topological polar surface area (TPSA) is 103 Å². The molecule has 0 saturated carbocycles. The lowest BCUT2D eigenvalue weighted by Crippen LogP contribution is -2.32. The summed E-state index contributed by atoms with van der Waals surface area (Å²) in [5.74, 6) is -0.0267. The van der Waals surface area contributed by atoms with E-state index in [0.717, 1.165) is 11.1 Å². The fourth-order valence-electron chi connectivity index (χ4n) is 4.17. The first-order chi connectivity index (χ1) is 17.4. The van der Waals surface area contributed by atoms with Crippen LogP contribution in [0.3, 0.4) is 0 Å². The molecule has 4 aromatic rings. The van der Waals surface area contributed by atoms with E-state index in [4.69, 9.17) is 16.3 Å². The van der Waals surface area contributed by atoms with Crippen LogP contribution in [0.1, 0.15) is 11.6 Å². The van der Waals surface area contributed by atoms with Crippen LogP contribution < -0.4 is 10.3 Å². The Kier molecular flexibility index (Phi) is 6.44. The van der Waals surface area contributed by atoms with Crippen LogP contribution in [-0.4, -0.2) is 36.2 Å². The molecule has 0 saturated heterocycles. The van der Waals surface area contributed by atoms with Gasteiger partial charge in [0.25, 0.3) is 15.6 Å². The number of nitrogens with one attached hydrogen (secondary N) is 1. The molecule has 1 aliphatic rings. The number of allylic oxidation sites excluding steroid dienone is 2. The van der Waals surface area contributed by atoms with Gasteiger partial charge in [0.05, 0.1) is 16.5 Å². The predicted molar refractivity (Wildman–Crippen MR) is 139 cm³/mol. The Bertz CT molecular complexity index is 1650. The van der Waals surface area contributed by atoms with Gasteiger partial charge in [-0.15, -0.1) is 0 Å². The van der Waals surface area contributed by atoms with Crippen LogP contribution in [0.4, 0.5) is 5.95 Å². The Labute approximate surface area is 212 Å². The number of sulfonamides is 1. The van der Waals surface area contributed by atoms with Crippen LogP contribution >= 0.6 is 11.6 Å². The number of nitrogens with zero attached hydrogens (tertiary/aromatic N) is 3. The number of ether oxygens (including phenoxy) is 1. The van der Waals surface area contributed by atoms with Crippen LogP contribution in [0.5, 0.6) is 0 Å². The van der Waals surface area contributed by atoms with E-state index in [0.29, 0.717) is 15.9 Å². The van der Waals surface area contributed by atoms with E-state index in [1.165, 1.54) is 30.6 Å². The second kappa shape index (κ2) is 9.69. The Morgan fingerprint density at radius 2 is 1.78 bits per heavy atom. The first-order valence-corrected chi connectivity index (χ1v) is 12.9. The molecule has 0 spiro atoms. The Balaban J connectivity index is 1.52. The summed E-state index contributed by atoms with van der Waals surface area (Å²) in [6.45, 7) is 0. The molecule has 2 aromatic heterocycles. The minimum absolute atomic E-state index is 0.0267. The van der Waals surface area contributed by atoms with E-state index in [-0.39, 0.29) is 16.4 Å². The number of pyridine rings is 1. The van der Waals surface area contributed by atoms with E-state index in [1.54, 1.807) is 29.9 Å². The van der Waals surface area contributed by atoms with Crippen molar-refractivity contribution in [2.24, 2.45) is 0 Å². The number of hydrogen-bond acceptors (Lipinski definition) is 6. The van der Waals surface area contributed by atoms with E-state index < -0.39 is 22.2 Å². The zero-order valence-corrected chi connectivity index (χ0v) is 20.6. The van der Waals surface area contributed by atoms with Gasteiger partial charge in [-0.2, -0.15) is 0 Å². The summed E-state index contributed by atoms with van der Waals surface area (Å²) in [4.78, 5) is 20.8. The molecule has 1 aliphatic carbocycles. The summed E-state index contributed by atoms with van der Waals surface area (Å²) in [7, 11) is -2.34. The van der Waals surface area contributed by atoms with Crippen molar-refractivity contribution < 1.29 is 13.2 Å². The van der Waals surface area contributed by atoms with Crippen molar-refractivity contribution in [2.75, 3.05) is 11.8 Å². The number of rotatable bonds is 6. The molecule has 0 fully saturated rings. The highest BCUT2D eigenvalue weighted by Gasteiger charge is 2.26. The molecule has 0 aliphatic heterocycles. The quantitative estimate of drug-likeness (QED) is 0.403. The van der Waals surface area contributed by atoms with Gasteiger partial charge in [0.1, 0.15) is 6.10 Å². The van der Waals surface area contributed by atoms with Gasteiger partial charge in [-0.1, -0.05) is 35.9 Å². The first-order valence-electron chi connectivity index (χ1n) is 11.0. The van der Waals surface area contributed by atoms with Gasteiger partial charge in [0.15, 0.2) is 0 Å². The molecule has 0 radical (unpaired) electrons. The molecule has 5 rings (SSSR count). The molecular formula is C26H21ClN4O4S. The maximum atomic E-state index is 13.0. The lowest BCUT2D eigenvalue weighted by atomic mass is 9.94. The molecule has 0 amide bonds. The third kappa shape index (κ3) is 4.68. The second-order valence-electron chi connectivity index (χ2n) is 8.12. The summed E-state index contributed by atoms with van der Waals surface area (Å²) in [5, 5.41) is 1.23. The number of hydrogen-bond donors (Lipinski definition) is 1. The molecule has 2 atom stereocenters. The van der Waals surface area contributed by atoms with E-state index in [9.17, 15) is 13.2 Å². The predicted octanol–water partition coefficient (Wildman–Crippen LogP) is 4.46. The summed E-state index contributed by atoms with van der Waals surface area (Å²) in [5.41, 5.74) is 2.28. The lowest BCUT2D eigenvalue weighted by molar-refractivity contribution is 0.109. The van der Waals surface area contributed by atoms with Gasteiger partial charge in [-0.25, -0.2) is 23.1 Å². The average Bonchev–Trinajstić information content (AvgIpc) is 2.89. The van der Waals surface area contributed by atoms with Gasteiger partial charge >= 0.3 is 0 Å². The molecule has 2 heterocycles. The van der Waals surface area contributed by atoms with Gasteiger partial charge < -0.3 is 4.74 Å². The summed E-state index contributed by atoms with van der Waals surface area (Å²) < 4.78 is 35.5. The molecule has 182 valence electrons. The van der Waals surface area contributed by atoms with Crippen LogP contribution in [0.15, 0.2) is 101 Å². The highest BCUT2D eigenvalue weighted by atomic mass is 35.5. The van der Waals surface area contributed by atoms with Crippen molar-refractivity contribution in [3.8, 4) is 0 Å². The molecule has 1 unspecified atom stereocenters. The van der Waals surface area contributed by atoms with E-state index in [1.807, 2.05) is 42.5 Å². The fraction of sp³-hybridized carbons (Fsp3) is 0.115. The van der Waals surface area contributed by atoms with Gasteiger partial charge in [0.2, 0.25) is 5.95 Å². The zero-order chi connectivity index (χ0) is 25.3. The second-order valence-corrected chi connectivity index (χ2v) is 10.2. The summed E-state index contributed by atoms with van der Waals surface area (Å²) >= 11 is 6.01. The Morgan fingerprint density at radius 1 is 1.03 bits per heavy atom. The molecule has 10 heteroatoms. The molecule has 36 heavy (non-hydrogen) atoms. The third-order valence-corrected chi connectivity index (χ3v) is 7.48. The van der Waals surface area contributed by atoms with E-state index >= 15 is 0 Å². The van der Waals surface area contributed by atoms with Crippen molar-refractivity contribution in [3.63, 3.8) is 0 Å². The minimum Gasteiger partial charge on any atom is -0.375 e. The van der Waals surface area contributed by atoms with Crippen molar-refractivity contribution >= 4 is 44.0 Å². The highest BCUT2D eigenvalue weighted by Crippen LogP contribution is 2.31. The molecular weight excluding hydrogens is 500 g/mol. The van der Waals surface area contributed by atoms with Crippen molar-refractivity contribution in [1.82, 2.24) is 14.5 Å². The molecule has 0 bridgehead atoms. The van der Waals surface area contributed by atoms with Crippen molar-refractivity contribution in [1.29, 1.82) is 0 Å². The van der Waals surface area contributed by atoms with Crippen molar-refractivity contribution in [2.45, 2.75) is 17.0 Å². The van der Waals surface area contributed by atoms with Gasteiger partial charge in [0, 0.05) is 30.6 Å². The average molecular weight is 521 g/mol. The van der Waals surface area contributed by atoms with Crippen LogP contribution in [-0.2, 0) is 14.8 Å². The van der Waals surface area contributed by atoms with Gasteiger partial charge in [-0.3, -0.25) is 9.36 Å². The summed E-state index contributed by atoms with van der Waals surface area (Å²) in [6.07, 6.45) is 8.28. The lowest BCUT2D eigenvalue weighted by Gasteiger charge is -2.28. The Morgan fingerprint density at radius 3 is 2.50 bits per heavy atom. The molecule has 1 N–H and O–H groups in total. The number of anilines is 1. The minimum atomic E-state index is -3.93. The van der Waals surface area contributed by atoms with E-state index in [2.05, 4.69) is 14.7 Å². The molecule has 8 nitrogen and oxygen atoms in total. The van der Waals surface area contributed by atoms with Gasteiger partial charge in [-0.05, 0) is 65.1 Å². The zero-order valence-electron chi connectivity index (χ0n) is 19.1. The number of halogens is 1. The first kappa shape index (κ1) is 23.9. The SMILES string of the molecule is COC1C=C(c2ccc(Cl)cc2)C=C[C@@H]1n1c(=O)ccc2cc(S(=O)(=O)Nc3ncccn3)ccc21. The van der Waals surface area contributed by atoms with Crippen LogP contribution in [0, 0.1) is 0 Å². The van der Waals surface area contributed by atoms with Crippen LogP contribution in [0.25, 0.3) is 16.5 Å². The van der Waals surface area contributed by atoms with Crippen molar-refractivity contribution in [3.05, 3.63) is 112 Å². The molecule has 2 aromatic carbocycles. The number of benzene rings is 2. The third-order valence-electron chi connectivity index (χ3n) is 5.90. The fourth-order valence-corrected chi connectivity index (χ4v) is 5.29. The summed E-state index contributed by atoms with van der Waals surface area (Å²) in [6, 6.07) is 16.3. The Hall–Kier alpha value is -3.79. The monoisotopic (exact) mass is 520 g/mol. The normalized spacial score (nSPS) is 17.7. The largest absolute Gasteiger partial charge is 0.375 e. The number of methoxy groups -OCH3 is 1. The number of aromatic nitrogens is 3. The highest BCUT2D eigenvalue weighted by molar-refractivity contribution is 7.92. The maximum absolute atomic E-state index is 13.0. The number of fused-ring (bicyclic) bond motifs is 1. The standard InChI is InChI=1S/C26H21ClN4O4S/c1-35-24-16-18(17-3-7-20(27)8-4-17)5-10-23(24)31-22-11-9-21(15-19(22)6-12-25(31)32)36(33,34)30-26-28-13-2-14-29-26/h2-16,23-24H,1H3,(H,28,29,30)/t23-,24?/m0/s1. The van der Waals surface area contributed by atoms with Crippen LogP contribution in [0.2, 0.25) is 5.02 Å². The smallest absolute Gasteiger partial charge is 0.264 e. The maximum Gasteiger partial charge on any atom is 0.264 e.